The topological polar surface area (TPSA) is 108 Å². The van der Waals surface area contributed by atoms with E-state index in [9.17, 15) is 9.59 Å². The first-order valence-corrected chi connectivity index (χ1v) is 6.00. The molecular formula is C11H18N4O3. The molecule has 0 aromatic carbocycles. The molecule has 1 aromatic heterocycles. The van der Waals surface area contributed by atoms with Crippen LogP contribution in [0.25, 0.3) is 0 Å². The highest BCUT2D eigenvalue weighted by Gasteiger charge is 2.18. The third-order valence-corrected chi connectivity index (χ3v) is 2.47. The van der Waals surface area contributed by atoms with Crippen LogP contribution in [-0.2, 0) is 11.2 Å². The maximum absolute atomic E-state index is 11.8. The predicted octanol–water partition coefficient (Wildman–Crippen LogP) is 0.740. The van der Waals surface area contributed by atoms with Crippen LogP contribution in [0.1, 0.15) is 49.6 Å². The number of aromatic nitrogens is 3. The largest absolute Gasteiger partial charge is 0.481 e. The Kier molecular flexibility index (Phi) is 5.29. The quantitative estimate of drug-likeness (QED) is 0.665. The maximum Gasteiger partial charge on any atom is 0.305 e. The molecular weight excluding hydrogens is 236 g/mol. The zero-order valence-electron chi connectivity index (χ0n) is 10.6. The van der Waals surface area contributed by atoms with E-state index in [0.717, 1.165) is 12.8 Å². The molecule has 1 unspecified atom stereocenters. The van der Waals surface area contributed by atoms with E-state index in [4.69, 9.17) is 5.11 Å². The second-order valence-corrected chi connectivity index (χ2v) is 4.03. The molecule has 0 fully saturated rings. The molecule has 1 heterocycles. The average Bonchev–Trinajstić information content (AvgIpc) is 2.76. The van der Waals surface area contributed by atoms with E-state index in [2.05, 4.69) is 20.5 Å². The number of aliphatic carboxylic acids is 1. The molecule has 7 nitrogen and oxygen atoms in total. The number of nitrogens with zero attached hydrogens (tertiary/aromatic N) is 2. The van der Waals surface area contributed by atoms with Gasteiger partial charge in [0.1, 0.15) is 5.82 Å². The Morgan fingerprint density at radius 2 is 2.17 bits per heavy atom. The van der Waals surface area contributed by atoms with Crippen molar-refractivity contribution in [3.63, 3.8) is 0 Å². The summed E-state index contributed by atoms with van der Waals surface area (Å²) >= 11 is 0. The normalized spacial score (nSPS) is 12.1. The lowest BCUT2D eigenvalue weighted by Crippen LogP contribution is -2.36. The Morgan fingerprint density at radius 3 is 2.72 bits per heavy atom. The number of carboxylic acid groups (broad SMARTS) is 1. The van der Waals surface area contributed by atoms with Crippen molar-refractivity contribution in [2.24, 2.45) is 0 Å². The summed E-state index contributed by atoms with van der Waals surface area (Å²) in [5, 5.41) is 17.8. The van der Waals surface area contributed by atoms with E-state index in [1.807, 2.05) is 13.8 Å². The molecule has 7 heteroatoms. The molecule has 1 amide bonds. The molecule has 1 aromatic rings. The highest BCUT2D eigenvalue weighted by molar-refractivity contribution is 5.90. The van der Waals surface area contributed by atoms with Crippen LogP contribution in [0.4, 0.5) is 0 Å². The van der Waals surface area contributed by atoms with Gasteiger partial charge in [-0.3, -0.25) is 14.7 Å². The Hall–Kier alpha value is -1.92. The van der Waals surface area contributed by atoms with E-state index >= 15 is 0 Å². The SMILES string of the molecule is CCCc1nc(C(=O)NC(CC)CC(=O)O)n[nH]1. The first-order valence-electron chi connectivity index (χ1n) is 6.00. The summed E-state index contributed by atoms with van der Waals surface area (Å²) in [7, 11) is 0. The van der Waals surface area contributed by atoms with Gasteiger partial charge in [-0.05, 0) is 12.8 Å². The first kappa shape index (κ1) is 14.1. The molecule has 0 radical (unpaired) electrons. The second-order valence-electron chi connectivity index (χ2n) is 4.03. The van der Waals surface area contributed by atoms with Crippen LogP contribution in [0.15, 0.2) is 0 Å². The fraction of sp³-hybridized carbons (Fsp3) is 0.636. The van der Waals surface area contributed by atoms with E-state index in [-0.39, 0.29) is 12.2 Å². The Balaban J connectivity index is 2.59. The van der Waals surface area contributed by atoms with Crippen LogP contribution in [-0.4, -0.2) is 38.2 Å². The van der Waals surface area contributed by atoms with Crippen molar-refractivity contribution in [1.82, 2.24) is 20.5 Å². The Morgan fingerprint density at radius 1 is 1.44 bits per heavy atom. The smallest absolute Gasteiger partial charge is 0.305 e. The van der Waals surface area contributed by atoms with Crippen molar-refractivity contribution in [1.29, 1.82) is 0 Å². The number of hydrogen-bond acceptors (Lipinski definition) is 4. The summed E-state index contributed by atoms with van der Waals surface area (Å²) in [5.41, 5.74) is 0. The van der Waals surface area contributed by atoms with Crippen molar-refractivity contribution < 1.29 is 14.7 Å². The van der Waals surface area contributed by atoms with Crippen molar-refractivity contribution in [2.75, 3.05) is 0 Å². The van der Waals surface area contributed by atoms with Crippen LogP contribution in [0.3, 0.4) is 0 Å². The van der Waals surface area contributed by atoms with Crippen molar-refractivity contribution >= 4 is 11.9 Å². The van der Waals surface area contributed by atoms with Gasteiger partial charge in [-0.25, -0.2) is 4.98 Å². The molecule has 0 aliphatic carbocycles. The van der Waals surface area contributed by atoms with Gasteiger partial charge in [-0.15, -0.1) is 5.10 Å². The van der Waals surface area contributed by atoms with Gasteiger partial charge in [0.05, 0.1) is 6.42 Å². The van der Waals surface area contributed by atoms with Crippen molar-refractivity contribution in [3.05, 3.63) is 11.6 Å². The number of rotatable bonds is 7. The van der Waals surface area contributed by atoms with Gasteiger partial charge in [-0.1, -0.05) is 13.8 Å². The van der Waals surface area contributed by atoms with Gasteiger partial charge >= 0.3 is 5.97 Å². The van der Waals surface area contributed by atoms with Gasteiger partial charge in [-0.2, -0.15) is 0 Å². The zero-order valence-corrected chi connectivity index (χ0v) is 10.6. The molecule has 3 N–H and O–H groups in total. The van der Waals surface area contributed by atoms with Gasteiger partial charge in [0.2, 0.25) is 5.82 Å². The molecule has 0 aliphatic rings. The molecule has 18 heavy (non-hydrogen) atoms. The highest BCUT2D eigenvalue weighted by atomic mass is 16.4. The van der Waals surface area contributed by atoms with Gasteiger partial charge in [0, 0.05) is 12.5 Å². The van der Waals surface area contributed by atoms with Crippen LogP contribution in [0, 0.1) is 0 Å². The highest BCUT2D eigenvalue weighted by Crippen LogP contribution is 2.01. The summed E-state index contributed by atoms with van der Waals surface area (Å²) in [5.74, 6) is -0.665. The monoisotopic (exact) mass is 254 g/mol. The fourth-order valence-corrected chi connectivity index (χ4v) is 1.50. The standard InChI is InChI=1S/C11H18N4O3/c1-3-5-8-13-10(15-14-8)11(18)12-7(4-2)6-9(16)17/h7H,3-6H2,1-2H3,(H,12,18)(H,16,17)(H,13,14,15). The minimum Gasteiger partial charge on any atom is -0.481 e. The molecule has 0 aliphatic heterocycles. The van der Waals surface area contributed by atoms with Crippen LogP contribution < -0.4 is 5.32 Å². The summed E-state index contributed by atoms with van der Waals surface area (Å²) in [6.07, 6.45) is 2.08. The lowest BCUT2D eigenvalue weighted by molar-refractivity contribution is -0.137. The van der Waals surface area contributed by atoms with Crippen molar-refractivity contribution in [3.8, 4) is 0 Å². The fourth-order valence-electron chi connectivity index (χ4n) is 1.50. The summed E-state index contributed by atoms with van der Waals surface area (Å²) in [6, 6.07) is -0.400. The number of carbonyl (C=O) groups is 2. The average molecular weight is 254 g/mol. The van der Waals surface area contributed by atoms with Crippen LogP contribution in [0.2, 0.25) is 0 Å². The molecule has 0 spiro atoms. The first-order chi connectivity index (χ1) is 8.56. The summed E-state index contributed by atoms with van der Waals surface area (Å²) < 4.78 is 0. The number of carboxylic acids is 1. The minimum absolute atomic E-state index is 0.0577. The van der Waals surface area contributed by atoms with E-state index in [1.54, 1.807) is 0 Å². The predicted molar refractivity (Wildman–Crippen MR) is 64.2 cm³/mol. The van der Waals surface area contributed by atoms with Crippen LogP contribution in [0.5, 0.6) is 0 Å². The molecule has 1 rings (SSSR count). The lowest BCUT2D eigenvalue weighted by Gasteiger charge is -2.12. The minimum atomic E-state index is -0.941. The second kappa shape index (κ2) is 6.73. The number of aryl methyl sites for hydroxylation is 1. The molecule has 1 atom stereocenters. The number of H-pyrrole nitrogens is 1. The van der Waals surface area contributed by atoms with Crippen molar-refractivity contribution in [2.45, 2.75) is 45.6 Å². The number of amides is 1. The number of aromatic amines is 1. The molecule has 100 valence electrons. The number of hydrogen-bond donors (Lipinski definition) is 3. The molecule has 0 saturated heterocycles. The summed E-state index contributed by atoms with van der Waals surface area (Å²) in [4.78, 5) is 26.4. The van der Waals surface area contributed by atoms with Gasteiger partial charge in [0.25, 0.3) is 5.91 Å². The third-order valence-electron chi connectivity index (χ3n) is 2.47. The summed E-state index contributed by atoms with van der Waals surface area (Å²) in [6.45, 7) is 3.82. The van der Waals surface area contributed by atoms with E-state index < -0.39 is 17.9 Å². The molecule has 0 bridgehead atoms. The maximum atomic E-state index is 11.8. The molecule has 0 saturated carbocycles. The zero-order chi connectivity index (χ0) is 13.5. The Bertz CT molecular complexity index is 416. The lowest BCUT2D eigenvalue weighted by atomic mass is 10.1. The van der Waals surface area contributed by atoms with E-state index in [0.29, 0.717) is 12.2 Å². The Labute approximate surface area is 105 Å². The van der Waals surface area contributed by atoms with E-state index in [1.165, 1.54) is 0 Å². The number of nitrogens with one attached hydrogen (secondary N) is 2. The van der Waals surface area contributed by atoms with Gasteiger partial charge < -0.3 is 10.4 Å². The number of carbonyl (C=O) groups excluding carboxylic acids is 1. The third kappa shape index (κ3) is 4.15. The van der Waals surface area contributed by atoms with Crippen LogP contribution >= 0.6 is 0 Å². The van der Waals surface area contributed by atoms with Gasteiger partial charge in [0.15, 0.2) is 0 Å².